The van der Waals surface area contributed by atoms with Crippen LogP contribution in [0.5, 0.6) is 5.75 Å². The molecule has 0 aliphatic carbocycles. The molecule has 2 bridgehead atoms. The maximum Gasteiger partial charge on any atom is 0.251 e. The summed E-state index contributed by atoms with van der Waals surface area (Å²) in [5.74, 6) is 0.582. The van der Waals surface area contributed by atoms with E-state index in [0.717, 1.165) is 30.6 Å². The van der Waals surface area contributed by atoms with Gasteiger partial charge in [-0.3, -0.25) is 9.69 Å². The molecule has 0 radical (unpaired) electrons. The lowest BCUT2D eigenvalue weighted by Gasteiger charge is -2.41. The van der Waals surface area contributed by atoms with Gasteiger partial charge in [0, 0.05) is 17.6 Å². The Morgan fingerprint density at radius 2 is 1.89 bits per heavy atom. The number of aliphatic hydroxyl groups is 1. The Bertz CT molecular complexity index is 778. The van der Waals surface area contributed by atoms with E-state index in [-0.39, 0.29) is 18.0 Å². The van der Waals surface area contributed by atoms with Gasteiger partial charge < -0.3 is 15.2 Å². The molecule has 2 N–H and O–H groups in total. The summed E-state index contributed by atoms with van der Waals surface area (Å²) in [6.45, 7) is 0.496. The average molecular weight is 366 g/mol. The molecular weight excluding hydrogens is 340 g/mol. The molecule has 0 aromatic heterocycles. The standard InChI is InChI=1S/C22H26N2O3/c1-24-17-9-12-19(24)21(20(25)13-17)23-22(26)16-7-10-18(11-8-16)27-14-15-5-3-2-4-6-15/h2-8,10-11,17,19-21,25H,9,12-14H2,1H3,(H,23,26). The van der Waals surface area contributed by atoms with Crippen molar-refractivity contribution in [3.05, 3.63) is 65.7 Å². The van der Waals surface area contributed by atoms with E-state index < -0.39 is 6.10 Å². The molecule has 5 heteroatoms. The number of carbonyl (C=O) groups excluding carboxylic acids is 1. The van der Waals surface area contributed by atoms with Crippen LogP contribution in [-0.2, 0) is 6.61 Å². The smallest absolute Gasteiger partial charge is 0.251 e. The molecule has 2 aromatic rings. The van der Waals surface area contributed by atoms with Crippen molar-refractivity contribution in [3.63, 3.8) is 0 Å². The van der Waals surface area contributed by atoms with E-state index in [0.29, 0.717) is 18.2 Å². The Morgan fingerprint density at radius 1 is 1.15 bits per heavy atom. The van der Waals surface area contributed by atoms with Crippen LogP contribution < -0.4 is 10.1 Å². The summed E-state index contributed by atoms with van der Waals surface area (Å²) in [6, 6.07) is 17.6. The predicted molar refractivity (Wildman–Crippen MR) is 104 cm³/mol. The molecule has 142 valence electrons. The Balaban J connectivity index is 1.36. The zero-order chi connectivity index (χ0) is 18.8. The second kappa shape index (κ2) is 7.71. The lowest BCUT2D eigenvalue weighted by atomic mass is 9.94. The number of fused-ring (bicyclic) bond motifs is 2. The number of amides is 1. The van der Waals surface area contributed by atoms with Crippen molar-refractivity contribution in [2.75, 3.05) is 7.05 Å². The van der Waals surface area contributed by atoms with Gasteiger partial charge in [-0.05, 0) is 56.1 Å². The third-order valence-electron chi connectivity index (χ3n) is 5.90. The van der Waals surface area contributed by atoms with E-state index in [4.69, 9.17) is 4.74 Å². The van der Waals surface area contributed by atoms with Crippen molar-refractivity contribution in [3.8, 4) is 5.75 Å². The molecule has 2 heterocycles. The number of piperidine rings is 1. The number of nitrogens with zero attached hydrogens (tertiary/aromatic N) is 1. The minimum atomic E-state index is -0.476. The quantitative estimate of drug-likeness (QED) is 0.854. The van der Waals surface area contributed by atoms with Crippen LogP contribution >= 0.6 is 0 Å². The molecule has 4 unspecified atom stereocenters. The normalized spacial score (nSPS) is 27.3. The number of likely N-dealkylation sites (N-methyl/N-ethyl adjacent to an activating group) is 1. The van der Waals surface area contributed by atoms with Gasteiger partial charge in [-0.2, -0.15) is 0 Å². The fraction of sp³-hybridized carbons (Fsp3) is 0.409. The molecule has 27 heavy (non-hydrogen) atoms. The van der Waals surface area contributed by atoms with Gasteiger partial charge >= 0.3 is 0 Å². The first-order valence-corrected chi connectivity index (χ1v) is 9.59. The molecule has 2 saturated heterocycles. The van der Waals surface area contributed by atoms with Gasteiger partial charge in [0.2, 0.25) is 0 Å². The minimum Gasteiger partial charge on any atom is -0.489 e. The second-order valence-corrected chi connectivity index (χ2v) is 7.56. The predicted octanol–water partition coefficient (Wildman–Crippen LogP) is 2.59. The van der Waals surface area contributed by atoms with E-state index in [2.05, 4.69) is 17.3 Å². The van der Waals surface area contributed by atoms with Crippen molar-refractivity contribution < 1.29 is 14.6 Å². The van der Waals surface area contributed by atoms with Crippen molar-refractivity contribution in [1.82, 2.24) is 10.2 Å². The molecular formula is C22H26N2O3. The molecule has 2 aliphatic heterocycles. The second-order valence-electron chi connectivity index (χ2n) is 7.56. The molecule has 2 fully saturated rings. The van der Waals surface area contributed by atoms with E-state index >= 15 is 0 Å². The van der Waals surface area contributed by atoms with Crippen LogP contribution in [0.4, 0.5) is 0 Å². The summed E-state index contributed by atoms with van der Waals surface area (Å²) in [6.07, 6.45) is 2.37. The Kier molecular flexibility index (Phi) is 5.14. The molecule has 0 saturated carbocycles. The summed E-state index contributed by atoms with van der Waals surface area (Å²) in [5, 5.41) is 13.5. The number of aliphatic hydroxyl groups excluding tert-OH is 1. The number of hydrogen-bond donors (Lipinski definition) is 2. The van der Waals surface area contributed by atoms with Crippen molar-refractivity contribution in [1.29, 1.82) is 0 Å². The molecule has 2 aliphatic rings. The first kappa shape index (κ1) is 18.0. The monoisotopic (exact) mass is 366 g/mol. The molecule has 4 rings (SSSR count). The van der Waals surface area contributed by atoms with Crippen LogP contribution in [0.2, 0.25) is 0 Å². The average Bonchev–Trinajstić information content (AvgIpc) is 2.95. The van der Waals surface area contributed by atoms with Crippen LogP contribution in [0.3, 0.4) is 0 Å². The van der Waals surface area contributed by atoms with Crippen molar-refractivity contribution in [2.24, 2.45) is 0 Å². The maximum absolute atomic E-state index is 12.6. The lowest BCUT2D eigenvalue weighted by Crippen LogP contribution is -2.59. The van der Waals surface area contributed by atoms with Crippen LogP contribution in [0.15, 0.2) is 54.6 Å². The fourth-order valence-corrected chi connectivity index (χ4v) is 4.31. The number of nitrogens with one attached hydrogen (secondary N) is 1. The van der Waals surface area contributed by atoms with E-state index in [1.54, 1.807) is 12.1 Å². The van der Waals surface area contributed by atoms with Crippen LogP contribution in [0.25, 0.3) is 0 Å². The largest absolute Gasteiger partial charge is 0.489 e. The molecule has 1 amide bonds. The molecule has 5 nitrogen and oxygen atoms in total. The number of hydrogen-bond acceptors (Lipinski definition) is 4. The maximum atomic E-state index is 12.6. The number of carbonyl (C=O) groups is 1. The SMILES string of the molecule is CN1C2CCC1C(NC(=O)c1ccc(OCc3ccccc3)cc1)C(O)C2. The zero-order valence-corrected chi connectivity index (χ0v) is 15.5. The third-order valence-corrected chi connectivity index (χ3v) is 5.90. The van der Waals surface area contributed by atoms with Gasteiger partial charge in [0.1, 0.15) is 12.4 Å². The first-order valence-electron chi connectivity index (χ1n) is 9.59. The fourth-order valence-electron chi connectivity index (χ4n) is 4.31. The summed E-state index contributed by atoms with van der Waals surface area (Å²) in [4.78, 5) is 15.0. The molecule has 4 atom stereocenters. The van der Waals surface area contributed by atoms with Gasteiger partial charge in [-0.15, -0.1) is 0 Å². The summed E-state index contributed by atoms with van der Waals surface area (Å²) in [5.41, 5.74) is 1.68. The summed E-state index contributed by atoms with van der Waals surface area (Å²) in [7, 11) is 2.09. The van der Waals surface area contributed by atoms with Crippen molar-refractivity contribution >= 4 is 5.91 Å². The van der Waals surface area contributed by atoms with Gasteiger partial charge in [0.15, 0.2) is 0 Å². The summed E-state index contributed by atoms with van der Waals surface area (Å²) >= 11 is 0. The topological polar surface area (TPSA) is 61.8 Å². The molecule has 0 spiro atoms. The number of rotatable bonds is 5. The van der Waals surface area contributed by atoms with Crippen LogP contribution in [0.1, 0.15) is 35.2 Å². The van der Waals surface area contributed by atoms with E-state index in [9.17, 15) is 9.90 Å². The lowest BCUT2D eigenvalue weighted by molar-refractivity contribution is 0.0153. The van der Waals surface area contributed by atoms with E-state index in [1.807, 2.05) is 42.5 Å². The third kappa shape index (κ3) is 3.84. The Morgan fingerprint density at radius 3 is 2.63 bits per heavy atom. The highest BCUT2D eigenvalue weighted by Gasteiger charge is 2.45. The van der Waals surface area contributed by atoms with Crippen LogP contribution in [0, 0.1) is 0 Å². The zero-order valence-electron chi connectivity index (χ0n) is 15.5. The Hall–Kier alpha value is -2.37. The highest BCUT2D eigenvalue weighted by Crippen LogP contribution is 2.34. The number of ether oxygens (including phenoxy) is 1. The van der Waals surface area contributed by atoms with Gasteiger partial charge in [0.25, 0.3) is 5.91 Å². The summed E-state index contributed by atoms with van der Waals surface area (Å²) < 4.78 is 5.77. The van der Waals surface area contributed by atoms with Crippen molar-refractivity contribution in [2.45, 2.75) is 50.1 Å². The van der Waals surface area contributed by atoms with E-state index in [1.165, 1.54) is 0 Å². The van der Waals surface area contributed by atoms with Gasteiger partial charge in [0.05, 0.1) is 12.1 Å². The van der Waals surface area contributed by atoms with Gasteiger partial charge in [-0.25, -0.2) is 0 Å². The van der Waals surface area contributed by atoms with Gasteiger partial charge in [-0.1, -0.05) is 30.3 Å². The highest BCUT2D eigenvalue weighted by atomic mass is 16.5. The van der Waals surface area contributed by atoms with Crippen LogP contribution in [-0.4, -0.2) is 47.2 Å². The molecule has 2 aromatic carbocycles. The Labute approximate surface area is 160 Å². The minimum absolute atomic E-state index is 0.146. The number of benzene rings is 2. The first-order chi connectivity index (χ1) is 13.1. The highest BCUT2D eigenvalue weighted by molar-refractivity contribution is 5.94.